The lowest BCUT2D eigenvalue weighted by Gasteiger charge is -2.23. The number of aromatic amines is 1. The number of ether oxygens (including phenoxy) is 2. The van der Waals surface area contributed by atoms with Crippen molar-refractivity contribution in [2.24, 2.45) is 0 Å². The van der Waals surface area contributed by atoms with Crippen LogP contribution in [0, 0.1) is 5.82 Å². The molecule has 0 saturated carbocycles. The van der Waals surface area contributed by atoms with Gasteiger partial charge in [-0.2, -0.15) is 0 Å². The summed E-state index contributed by atoms with van der Waals surface area (Å²) < 4.78 is 24.7. The lowest BCUT2D eigenvalue weighted by molar-refractivity contribution is 0.0679. The molecule has 0 bridgehead atoms. The Morgan fingerprint density at radius 2 is 2.26 bits per heavy atom. The SMILES string of the molecule is COc1cccc(C(=O)N2C[C@H](OC)CC2c2ncc[nH]2)c1F. The third-order valence-electron chi connectivity index (χ3n) is 4.11. The van der Waals surface area contributed by atoms with E-state index in [1.165, 1.54) is 19.2 Å². The normalized spacial score (nSPS) is 20.7. The predicted octanol–water partition coefficient (Wildman–Crippen LogP) is 2.16. The van der Waals surface area contributed by atoms with Crippen LogP contribution in [0.4, 0.5) is 4.39 Å². The molecule has 3 rings (SSSR count). The maximum atomic E-state index is 14.4. The first kappa shape index (κ1) is 15.5. The van der Waals surface area contributed by atoms with E-state index in [9.17, 15) is 9.18 Å². The number of rotatable bonds is 4. The van der Waals surface area contributed by atoms with Gasteiger partial charge in [0, 0.05) is 32.5 Å². The number of nitrogens with zero attached hydrogens (tertiary/aromatic N) is 2. The molecular weight excluding hydrogens is 301 g/mol. The van der Waals surface area contributed by atoms with Crippen molar-refractivity contribution in [1.29, 1.82) is 0 Å². The van der Waals surface area contributed by atoms with Gasteiger partial charge in [0.25, 0.3) is 5.91 Å². The number of methoxy groups -OCH3 is 2. The third-order valence-corrected chi connectivity index (χ3v) is 4.11. The molecule has 1 unspecified atom stereocenters. The summed E-state index contributed by atoms with van der Waals surface area (Å²) in [6.45, 7) is 0.386. The number of hydrogen-bond donors (Lipinski definition) is 1. The van der Waals surface area contributed by atoms with Crippen LogP contribution in [0.5, 0.6) is 5.75 Å². The Labute approximate surface area is 133 Å². The molecule has 1 amide bonds. The Hall–Kier alpha value is -2.41. The Bertz CT molecular complexity index is 690. The fourth-order valence-electron chi connectivity index (χ4n) is 2.90. The first-order valence-electron chi connectivity index (χ1n) is 7.31. The number of nitrogens with one attached hydrogen (secondary N) is 1. The van der Waals surface area contributed by atoms with Gasteiger partial charge < -0.3 is 19.4 Å². The Morgan fingerprint density at radius 3 is 2.91 bits per heavy atom. The van der Waals surface area contributed by atoms with Crippen LogP contribution >= 0.6 is 0 Å². The smallest absolute Gasteiger partial charge is 0.257 e. The number of aromatic nitrogens is 2. The van der Waals surface area contributed by atoms with Crippen LogP contribution < -0.4 is 4.74 Å². The van der Waals surface area contributed by atoms with Crippen molar-refractivity contribution >= 4 is 5.91 Å². The van der Waals surface area contributed by atoms with Gasteiger partial charge in [-0.15, -0.1) is 0 Å². The van der Waals surface area contributed by atoms with E-state index >= 15 is 0 Å². The molecule has 1 aliphatic heterocycles. The van der Waals surface area contributed by atoms with Gasteiger partial charge in [0.1, 0.15) is 5.82 Å². The number of benzene rings is 1. The summed E-state index contributed by atoms with van der Waals surface area (Å²) in [5.74, 6) is -0.337. The predicted molar refractivity (Wildman–Crippen MR) is 80.7 cm³/mol. The summed E-state index contributed by atoms with van der Waals surface area (Å²) in [7, 11) is 2.97. The van der Waals surface area contributed by atoms with E-state index in [-0.39, 0.29) is 23.5 Å². The summed E-state index contributed by atoms with van der Waals surface area (Å²) in [4.78, 5) is 21.7. The van der Waals surface area contributed by atoms with Crippen molar-refractivity contribution in [3.8, 4) is 5.75 Å². The number of carbonyl (C=O) groups excluding carboxylic acids is 1. The largest absolute Gasteiger partial charge is 0.494 e. The van der Waals surface area contributed by atoms with Crippen LogP contribution in [0.3, 0.4) is 0 Å². The van der Waals surface area contributed by atoms with E-state index < -0.39 is 11.7 Å². The molecule has 1 saturated heterocycles. The molecule has 2 aromatic rings. The molecule has 1 N–H and O–H groups in total. The fourth-order valence-corrected chi connectivity index (χ4v) is 2.90. The number of carbonyl (C=O) groups is 1. The number of imidazole rings is 1. The second-order valence-corrected chi connectivity index (χ2v) is 5.36. The second-order valence-electron chi connectivity index (χ2n) is 5.36. The van der Waals surface area contributed by atoms with Gasteiger partial charge in [0.15, 0.2) is 11.6 Å². The topological polar surface area (TPSA) is 67.4 Å². The second kappa shape index (κ2) is 6.37. The number of hydrogen-bond acceptors (Lipinski definition) is 4. The standard InChI is InChI=1S/C16H18FN3O3/c1-22-10-8-12(15-18-6-7-19-15)20(9-10)16(21)11-4-3-5-13(23-2)14(11)17/h3-7,10,12H,8-9H2,1-2H3,(H,18,19)/t10-,12?/m1/s1. The van der Waals surface area contributed by atoms with Crippen LogP contribution in [0.25, 0.3) is 0 Å². The molecule has 2 atom stereocenters. The third kappa shape index (κ3) is 2.79. The number of likely N-dealkylation sites (tertiary alicyclic amines) is 1. The van der Waals surface area contributed by atoms with Gasteiger partial charge in [-0.3, -0.25) is 4.79 Å². The zero-order chi connectivity index (χ0) is 16.4. The molecule has 1 aliphatic rings. The van der Waals surface area contributed by atoms with Crippen molar-refractivity contribution in [3.05, 3.63) is 47.8 Å². The molecule has 0 radical (unpaired) electrons. The summed E-state index contributed by atoms with van der Waals surface area (Å²) in [6.07, 6.45) is 3.83. The lowest BCUT2D eigenvalue weighted by atomic mass is 10.1. The highest BCUT2D eigenvalue weighted by Crippen LogP contribution is 2.33. The summed E-state index contributed by atoms with van der Waals surface area (Å²) in [6, 6.07) is 4.27. The molecule has 0 aliphatic carbocycles. The first-order chi connectivity index (χ1) is 11.2. The minimum Gasteiger partial charge on any atom is -0.494 e. The average molecular weight is 319 g/mol. The van der Waals surface area contributed by atoms with E-state index in [1.807, 2.05) is 0 Å². The quantitative estimate of drug-likeness (QED) is 0.938. The van der Waals surface area contributed by atoms with E-state index in [4.69, 9.17) is 9.47 Å². The Balaban J connectivity index is 1.93. The van der Waals surface area contributed by atoms with E-state index in [1.54, 1.807) is 30.5 Å². The summed E-state index contributed by atoms with van der Waals surface area (Å²) in [5, 5.41) is 0. The average Bonchev–Trinajstić information content (AvgIpc) is 3.23. The van der Waals surface area contributed by atoms with Gasteiger partial charge in [0.05, 0.1) is 24.8 Å². The fraction of sp³-hybridized carbons (Fsp3) is 0.375. The number of halogens is 1. The monoisotopic (exact) mass is 319 g/mol. The molecule has 2 heterocycles. The van der Waals surface area contributed by atoms with E-state index in [0.29, 0.717) is 18.8 Å². The molecule has 1 fully saturated rings. The molecule has 7 heteroatoms. The van der Waals surface area contributed by atoms with E-state index in [0.717, 1.165) is 0 Å². The molecule has 6 nitrogen and oxygen atoms in total. The van der Waals surface area contributed by atoms with Crippen molar-refractivity contribution < 1.29 is 18.7 Å². The van der Waals surface area contributed by atoms with Gasteiger partial charge >= 0.3 is 0 Å². The molecule has 23 heavy (non-hydrogen) atoms. The first-order valence-corrected chi connectivity index (χ1v) is 7.31. The highest BCUT2D eigenvalue weighted by molar-refractivity contribution is 5.95. The number of amides is 1. The van der Waals surface area contributed by atoms with Crippen LogP contribution in [0.15, 0.2) is 30.6 Å². The van der Waals surface area contributed by atoms with Crippen LogP contribution in [0.2, 0.25) is 0 Å². The lowest BCUT2D eigenvalue weighted by Crippen LogP contribution is -2.33. The molecule has 122 valence electrons. The van der Waals surface area contributed by atoms with Gasteiger partial charge in [0.2, 0.25) is 0 Å². The number of H-pyrrole nitrogens is 1. The van der Waals surface area contributed by atoms with E-state index in [2.05, 4.69) is 9.97 Å². The van der Waals surface area contributed by atoms with Crippen molar-refractivity contribution in [3.63, 3.8) is 0 Å². The minimum absolute atomic E-state index is 0.0161. The zero-order valence-electron chi connectivity index (χ0n) is 13.0. The molecular formula is C16H18FN3O3. The van der Waals surface area contributed by atoms with Gasteiger partial charge in [-0.1, -0.05) is 6.07 Å². The maximum absolute atomic E-state index is 14.4. The Kier molecular flexibility index (Phi) is 4.29. The Morgan fingerprint density at radius 1 is 1.43 bits per heavy atom. The van der Waals surface area contributed by atoms with Crippen molar-refractivity contribution in [2.75, 3.05) is 20.8 Å². The molecule has 0 spiro atoms. The maximum Gasteiger partial charge on any atom is 0.257 e. The van der Waals surface area contributed by atoms with Gasteiger partial charge in [-0.25, -0.2) is 9.37 Å². The van der Waals surface area contributed by atoms with Crippen LogP contribution in [0.1, 0.15) is 28.6 Å². The minimum atomic E-state index is -0.654. The highest BCUT2D eigenvalue weighted by atomic mass is 19.1. The summed E-state index contributed by atoms with van der Waals surface area (Å²) >= 11 is 0. The zero-order valence-corrected chi connectivity index (χ0v) is 13.0. The van der Waals surface area contributed by atoms with Crippen LogP contribution in [-0.4, -0.2) is 47.6 Å². The molecule has 1 aromatic carbocycles. The van der Waals surface area contributed by atoms with Crippen LogP contribution in [-0.2, 0) is 4.74 Å². The van der Waals surface area contributed by atoms with Gasteiger partial charge in [-0.05, 0) is 12.1 Å². The van der Waals surface area contributed by atoms with Crippen molar-refractivity contribution in [2.45, 2.75) is 18.6 Å². The highest BCUT2D eigenvalue weighted by Gasteiger charge is 2.39. The van der Waals surface area contributed by atoms with Crippen molar-refractivity contribution in [1.82, 2.24) is 14.9 Å². The summed E-state index contributed by atoms with van der Waals surface area (Å²) in [5.41, 5.74) is -0.0161. The molecule has 1 aromatic heterocycles.